The van der Waals surface area contributed by atoms with Crippen LogP contribution in [0, 0.1) is 5.92 Å². The van der Waals surface area contributed by atoms with Gasteiger partial charge in [0.15, 0.2) is 0 Å². The van der Waals surface area contributed by atoms with Crippen molar-refractivity contribution in [2.45, 2.75) is 19.4 Å². The number of benzene rings is 1. The van der Waals surface area contributed by atoms with E-state index in [0.29, 0.717) is 10.9 Å². The third kappa shape index (κ3) is 4.47. The van der Waals surface area contributed by atoms with Gasteiger partial charge < -0.3 is 10.1 Å². The molecule has 96 valence electrons. The van der Waals surface area contributed by atoms with Gasteiger partial charge in [-0.1, -0.05) is 30.1 Å². The maximum absolute atomic E-state index is 6.20. The van der Waals surface area contributed by atoms with E-state index in [1.165, 1.54) is 0 Å². The van der Waals surface area contributed by atoms with Gasteiger partial charge in [-0.3, -0.25) is 0 Å². The van der Waals surface area contributed by atoms with Crippen LogP contribution >= 0.6 is 23.2 Å². The Balaban J connectivity index is 2.82. The molecule has 0 saturated carbocycles. The van der Waals surface area contributed by atoms with Gasteiger partial charge in [-0.2, -0.15) is 0 Å². The molecule has 1 aromatic rings. The van der Waals surface area contributed by atoms with E-state index in [1.807, 2.05) is 19.2 Å². The van der Waals surface area contributed by atoms with Gasteiger partial charge in [0.05, 0.1) is 0 Å². The Kier molecular flexibility index (Phi) is 6.28. The van der Waals surface area contributed by atoms with Crippen LogP contribution in [0.3, 0.4) is 0 Å². The lowest BCUT2D eigenvalue weighted by atomic mass is 9.96. The van der Waals surface area contributed by atoms with Crippen LogP contribution in [-0.4, -0.2) is 20.8 Å². The lowest BCUT2D eigenvalue weighted by Gasteiger charge is -2.21. The number of rotatable bonds is 6. The Bertz CT molecular complexity index is 357. The van der Waals surface area contributed by atoms with Crippen molar-refractivity contribution in [1.29, 1.82) is 0 Å². The van der Waals surface area contributed by atoms with Gasteiger partial charge in [-0.25, -0.2) is 0 Å². The highest BCUT2D eigenvalue weighted by Crippen LogP contribution is 2.30. The molecule has 0 radical (unpaired) electrons. The van der Waals surface area contributed by atoms with Crippen LogP contribution in [-0.2, 0) is 4.74 Å². The van der Waals surface area contributed by atoms with E-state index in [-0.39, 0.29) is 6.04 Å². The lowest BCUT2D eigenvalue weighted by Crippen LogP contribution is -2.21. The average Bonchev–Trinajstić information content (AvgIpc) is 2.30. The predicted molar refractivity (Wildman–Crippen MR) is 73.9 cm³/mol. The van der Waals surface area contributed by atoms with Gasteiger partial charge in [0.1, 0.15) is 0 Å². The van der Waals surface area contributed by atoms with Crippen LogP contribution in [0.2, 0.25) is 10.0 Å². The van der Waals surface area contributed by atoms with Crippen molar-refractivity contribution in [2.75, 3.05) is 20.8 Å². The Morgan fingerprint density at radius 3 is 2.65 bits per heavy atom. The van der Waals surface area contributed by atoms with Crippen molar-refractivity contribution >= 4 is 23.2 Å². The third-order valence-electron chi connectivity index (χ3n) is 2.77. The first kappa shape index (κ1) is 14.8. The van der Waals surface area contributed by atoms with E-state index in [1.54, 1.807) is 13.2 Å². The number of hydrogen-bond donors (Lipinski definition) is 1. The topological polar surface area (TPSA) is 21.3 Å². The molecule has 0 aliphatic carbocycles. The maximum Gasteiger partial charge on any atom is 0.0488 e. The Morgan fingerprint density at radius 2 is 2.06 bits per heavy atom. The van der Waals surface area contributed by atoms with E-state index in [4.69, 9.17) is 27.9 Å². The monoisotopic (exact) mass is 275 g/mol. The maximum atomic E-state index is 6.20. The molecule has 0 spiro atoms. The quantitative estimate of drug-likeness (QED) is 0.850. The highest BCUT2D eigenvalue weighted by atomic mass is 35.5. The summed E-state index contributed by atoms with van der Waals surface area (Å²) in [6.45, 7) is 2.91. The smallest absolute Gasteiger partial charge is 0.0488 e. The number of halogens is 2. The summed E-state index contributed by atoms with van der Waals surface area (Å²) in [7, 11) is 3.65. The van der Waals surface area contributed by atoms with Gasteiger partial charge in [-0.05, 0) is 43.1 Å². The van der Waals surface area contributed by atoms with Crippen LogP contribution < -0.4 is 5.32 Å². The Morgan fingerprint density at radius 1 is 1.35 bits per heavy atom. The zero-order chi connectivity index (χ0) is 12.8. The molecule has 0 heterocycles. The molecule has 0 bridgehead atoms. The molecule has 2 atom stereocenters. The van der Waals surface area contributed by atoms with Gasteiger partial charge in [-0.15, -0.1) is 0 Å². The zero-order valence-corrected chi connectivity index (χ0v) is 12.0. The summed E-state index contributed by atoms with van der Waals surface area (Å²) in [5.74, 6) is 0.465. The summed E-state index contributed by atoms with van der Waals surface area (Å²) in [5, 5.41) is 4.74. The molecule has 1 aromatic carbocycles. The molecule has 0 aromatic heterocycles. The van der Waals surface area contributed by atoms with Gasteiger partial charge in [0, 0.05) is 29.8 Å². The first-order valence-electron chi connectivity index (χ1n) is 5.69. The van der Waals surface area contributed by atoms with Crippen LogP contribution in [0.5, 0.6) is 0 Å². The molecular weight excluding hydrogens is 257 g/mol. The molecule has 2 unspecified atom stereocenters. The minimum Gasteiger partial charge on any atom is -0.384 e. The summed E-state index contributed by atoms with van der Waals surface area (Å²) in [5.41, 5.74) is 1.05. The summed E-state index contributed by atoms with van der Waals surface area (Å²) in [6.07, 6.45) is 0.963. The summed E-state index contributed by atoms with van der Waals surface area (Å²) >= 11 is 12.2. The SMILES string of the molecule is CNC(CC(C)COC)c1cc(Cl)ccc1Cl. The summed E-state index contributed by atoms with van der Waals surface area (Å²) in [4.78, 5) is 0. The van der Waals surface area contributed by atoms with E-state index in [0.717, 1.165) is 23.6 Å². The van der Waals surface area contributed by atoms with Crippen molar-refractivity contribution in [1.82, 2.24) is 5.32 Å². The number of hydrogen-bond acceptors (Lipinski definition) is 2. The molecule has 17 heavy (non-hydrogen) atoms. The Hall–Kier alpha value is -0.280. The summed E-state index contributed by atoms with van der Waals surface area (Å²) in [6, 6.07) is 5.76. The Labute approximate surface area is 113 Å². The third-order valence-corrected chi connectivity index (χ3v) is 3.35. The summed E-state index contributed by atoms with van der Waals surface area (Å²) < 4.78 is 5.15. The fourth-order valence-electron chi connectivity index (χ4n) is 1.94. The fourth-order valence-corrected chi connectivity index (χ4v) is 2.37. The number of methoxy groups -OCH3 is 1. The van der Waals surface area contributed by atoms with Crippen LogP contribution in [0.15, 0.2) is 18.2 Å². The second kappa shape index (κ2) is 7.22. The van der Waals surface area contributed by atoms with Crippen LogP contribution in [0.4, 0.5) is 0 Å². The van der Waals surface area contributed by atoms with Gasteiger partial charge >= 0.3 is 0 Å². The molecule has 1 N–H and O–H groups in total. The predicted octanol–water partition coefficient (Wildman–Crippen LogP) is 3.93. The van der Waals surface area contributed by atoms with Crippen molar-refractivity contribution in [3.8, 4) is 0 Å². The largest absolute Gasteiger partial charge is 0.384 e. The van der Waals surface area contributed by atoms with Gasteiger partial charge in [0.2, 0.25) is 0 Å². The number of nitrogens with one attached hydrogen (secondary N) is 1. The second-order valence-electron chi connectivity index (χ2n) is 4.30. The minimum atomic E-state index is 0.200. The van der Waals surface area contributed by atoms with E-state index >= 15 is 0 Å². The van der Waals surface area contributed by atoms with Crippen LogP contribution in [0.25, 0.3) is 0 Å². The molecule has 1 rings (SSSR count). The van der Waals surface area contributed by atoms with Crippen molar-refractivity contribution in [3.05, 3.63) is 33.8 Å². The molecule has 0 aliphatic heterocycles. The second-order valence-corrected chi connectivity index (χ2v) is 5.15. The first-order chi connectivity index (χ1) is 8.08. The van der Waals surface area contributed by atoms with Crippen molar-refractivity contribution in [3.63, 3.8) is 0 Å². The van der Waals surface area contributed by atoms with Crippen LogP contribution in [0.1, 0.15) is 24.9 Å². The molecular formula is C13H19Cl2NO. The lowest BCUT2D eigenvalue weighted by molar-refractivity contribution is 0.150. The van der Waals surface area contributed by atoms with Gasteiger partial charge in [0.25, 0.3) is 0 Å². The highest BCUT2D eigenvalue weighted by Gasteiger charge is 2.16. The van der Waals surface area contributed by atoms with E-state index in [2.05, 4.69) is 12.2 Å². The van der Waals surface area contributed by atoms with E-state index in [9.17, 15) is 0 Å². The molecule has 4 heteroatoms. The van der Waals surface area contributed by atoms with E-state index < -0.39 is 0 Å². The fraction of sp³-hybridized carbons (Fsp3) is 0.538. The molecule has 0 fully saturated rings. The minimum absolute atomic E-state index is 0.200. The average molecular weight is 276 g/mol. The standard InChI is InChI=1S/C13H19Cl2NO/c1-9(8-17-3)6-13(16-2)11-7-10(14)4-5-12(11)15/h4-5,7,9,13,16H,6,8H2,1-3H3. The first-order valence-corrected chi connectivity index (χ1v) is 6.45. The normalized spacial score (nSPS) is 14.6. The number of ether oxygens (including phenoxy) is 1. The molecule has 0 aliphatic rings. The van der Waals surface area contributed by atoms with Crippen molar-refractivity contribution < 1.29 is 4.74 Å². The van der Waals surface area contributed by atoms with Crippen molar-refractivity contribution in [2.24, 2.45) is 5.92 Å². The molecule has 2 nitrogen and oxygen atoms in total. The zero-order valence-electron chi connectivity index (χ0n) is 10.5. The molecule has 0 amide bonds. The molecule has 0 saturated heterocycles. The highest BCUT2D eigenvalue weighted by molar-refractivity contribution is 6.33.